The van der Waals surface area contributed by atoms with E-state index in [1.165, 1.54) is 5.56 Å². The zero-order chi connectivity index (χ0) is 15.8. The Balaban J connectivity index is 1.54. The molecule has 0 unspecified atom stereocenters. The topological polar surface area (TPSA) is 54.6 Å². The zero-order valence-electron chi connectivity index (χ0n) is 13.4. The van der Waals surface area contributed by atoms with E-state index in [1.54, 1.807) is 0 Å². The van der Waals surface area contributed by atoms with Crippen molar-refractivity contribution in [3.8, 4) is 0 Å². The largest absolute Gasteiger partial charge is 0.379 e. The second kappa shape index (κ2) is 5.98. The SMILES string of the molecule is Cc1ccc2c(CC(=O)N3CCO[C@@H]4COCC[C@@H]43)c[nH]c2c1. The van der Waals surface area contributed by atoms with E-state index in [0.29, 0.717) is 32.8 Å². The van der Waals surface area contributed by atoms with Crippen LogP contribution in [0, 0.1) is 6.92 Å². The molecule has 2 aliphatic rings. The number of aromatic nitrogens is 1. The first-order chi connectivity index (χ1) is 11.2. The number of hydrogen-bond acceptors (Lipinski definition) is 3. The van der Waals surface area contributed by atoms with Crippen LogP contribution in [0.3, 0.4) is 0 Å². The highest BCUT2D eigenvalue weighted by Crippen LogP contribution is 2.25. The van der Waals surface area contributed by atoms with E-state index in [9.17, 15) is 4.79 Å². The number of aryl methyl sites for hydroxylation is 1. The Morgan fingerprint density at radius 2 is 2.30 bits per heavy atom. The number of hydrogen-bond donors (Lipinski definition) is 1. The van der Waals surface area contributed by atoms with Crippen LogP contribution in [0.2, 0.25) is 0 Å². The molecule has 0 bridgehead atoms. The predicted octanol–water partition coefficient (Wildman–Crippen LogP) is 2.04. The molecule has 1 aromatic heterocycles. The van der Waals surface area contributed by atoms with Gasteiger partial charge in [0.15, 0.2) is 0 Å². The fourth-order valence-corrected chi connectivity index (χ4v) is 3.71. The van der Waals surface area contributed by atoms with Gasteiger partial charge in [-0.3, -0.25) is 4.79 Å². The van der Waals surface area contributed by atoms with Crippen LogP contribution in [0.4, 0.5) is 0 Å². The summed E-state index contributed by atoms with van der Waals surface area (Å²) in [6, 6.07) is 6.47. The molecule has 1 N–H and O–H groups in total. The number of carbonyl (C=O) groups is 1. The van der Waals surface area contributed by atoms with Crippen LogP contribution in [0.25, 0.3) is 10.9 Å². The lowest BCUT2D eigenvalue weighted by molar-refractivity contribution is -0.161. The third kappa shape index (κ3) is 2.75. The van der Waals surface area contributed by atoms with Gasteiger partial charge in [-0.25, -0.2) is 0 Å². The van der Waals surface area contributed by atoms with Gasteiger partial charge in [-0.05, 0) is 30.5 Å². The van der Waals surface area contributed by atoms with E-state index < -0.39 is 0 Å². The maximum absolute atomic E-state index is 12.8. The van der Waals surface area contributed by atoms with Crippen LogP contribution in [0.1, 0.15) is 17.5 Å². The first-order valence-electron chi connectivity index (χ1n) is 8.28. The van der Waals surface area contributed by atoms with Crippen molar-refractivity contribution in [2.24, 2.45) is 0 Å². The Kier molecular flexibility index (Phi) is 3.83. The van der Waals surface area contributed by atoms with Crippen molar-refractivity contribution >= 4 is 16.8 Å². The van der Waals surface area contributed by atoms with Gasteiger partial charge in [0.05, 0.1) is 25.7 Å². The minimum Gasteiger partial charge on any atom is -0.379 e. The van der Waals surface area contributed by atoms with Gasteiger partial charge < -0.3 is 19.4 Å². The molecule has 122 valence electrons. The van der Waals surface area contributed by atoms with Crippen LogP contribution in [-0.2, 0) is 20.7 Å². The van der Waals surface area contributed by atoms with Crippen molar-refractivity contribution in [2.75, 3.05) is 26.4 Å². The summed E-state index contributed by atoms with van der Waals surface area (Å²) in [4.78, 5) is 18.1. The Labute approximate surface area is 135 Å². The molecule has 2 atom stereocenters. The molecule has 0 radical (unpaired) electrons. The smallest absolute Gasteiger partial charge is 0.227 e. The van der Waals surface area contributed by atoms with E-state index in [2.05, 4.69) is 30.1 Å². The molecule has 2 fully saturated rings. The summed E-state index contributed by atoms with van der Waals surface area (Å²) < 4.78 is 11.2. The number of fused-ring (bicyclic) bond motifs is 2. The van der Waals surface area contributed by atoms with Crippen LogP contribution in [0.5, 0.6) is 0 Å². The summed E-state index contributed by atoms with van der Waals surface area (Å²) in [6.45, 7) is 4.66. The average molecular weight is 314 g/mol. The normalized spacial score (nSPS) is 24.7. The van der Waals surface area contributed by atoms with Crippen molar-refractivity contribution in [3.63, 3.8) is 0 Å². The standard InChI is InChI=1S/C18H22N2O3/c1-12-2-3-14-13(10-19-15(14)8-12)9-18(21)20-5-7-23-17-11-22-6-4-16(17)20/h2-3,8,10,16-17,19H,4-7,9,11H2,1H3/t16-,17+/m0/s1. The van der Waals surface area contributed by atoms with Crippen molar-refractivity contribution in [3.05, 3.63) is 35.5 Å². The molecule has 2 saturated heterocycles. The van der Waals surface area contributed by atoms with Crippen molar-refractivity contribution < 1.29 is 14.3 Å². The number of nitrogens with zero attached hydrogens (tertiary/aromatic N) is 1. The molecule has 3 heterocycles. The number of H-pyrrole nitrogens is 1. The number of nitrogens with one attached hydrogen (secondary N) is 1. The van der Waals surface area contributed by atoms with Gasteiger partial charge in [0, 0.05) is 30.3 Å². The fourth-order valence-electron chi connectivity index (χ4n) is 3.71. The van der Waals surface area contributed by atoms with Crippen molar-refractivity contribution in [2.45, 2.75) is 31.9 Å². The molecule has 2 aromatic rings. The quantitative estimate of drug-likeness (QED) is 0.923. The molecule has 1 amide bonds. The van der Waals surface area contributed by atoms with Gasteiger partial charge in [-0.1, -0.05) is 12.1 Å². The summed E-state index contributed by atoms with van der Waals surface area (Å²) in [6.07, 6.45) is 3.30. The average Bonchev–Trinajstić information content (AvgIpc) is 2.96. The highest BCUT2D eigenvalue weighted by molar-refractivity contribution is 5.89. The number of amides is 1. The highest BCUT2D eigenvalue weighted by atomic mass is 16.5. The molecule has 5 heteroatoms. The summed E-state index contributed by atoms with van der Waals surface area (Å²) in [5.41, 5.74) is 3.38. The van der Waals surface area contributed by atoms with Crippen LogP contribution in [-0.4, -0.2) is 54.3 Å². The Bertz CT molecular complexity index is 722. The van der Waals surface area contributed by atoms with Gasteiger partial charge in [-0.15, -0.1) is 0 Å². The lowest BCUT2D eigenvalue weighted by Gasteiger charge is -2.43. The van der Waals surface area contributed by atoms with Gasteiger partial charge in [0.1, 0.15) is 6.10 Å². The van der Waals surface area contributed by atoms with Gasteiger partial charge >= 0.3 is 0 Å². The second-order valence-electron chi connectivity index (χ2n) is 6.47. The van der Waals surface area contributed by atoms with Gasteiger partial charge in [0.2, 0.25) is 5.91 Å². The molecule has 2 aliphatic heterocycles. The Morgan fingerprint density at radius 3 is 3.22 bits per heavy atom. The molecule has 4 rings (SSSR count). The Hall–Kier alpha value is -1.85. The van der Waals surface area contributed by atoms with Gasteiger partial charge in [0.25, 0.3) is 0 Å². The minimum atomic E-state index is 0.0343. The van der Waals surface area contributed by atoms with Crippen LogP contribution < -0.4 is 0 Å². The monoisotopic (exact) mass is 314 g/mol. The highest BCUT2D eigenvalue weighted by Gasteiger charge is 2.37. The Morgan fingerprint density at radius 1 is 1.39 bits per heavy atom. The number of morpholine rings is 1. The van der Waals surface area contributed by atoms with E-state index in [-0.39, 0.29) is 18.1 Å². The van der Waals surface area contributed by atoms with E-state index >= 15 is 0 Å². The second-order valence-corrected chi connectivity index (χ2v) is 6.47. The zero-order valence-corrected chi connectivity index (χ0v) is 13.4. The fraction of sp³-hybridized carbons (Fsp3) is 0.500. The van der Waals surface area contributed by atoms with Crippen LogP contribution in [0.15, 0.2) is 24.4 Å². The molecule has 0 aliphatic carbocycles. The number of carbonyl (C=O) groups excluding carboxylic acids is 1. The molecule has 1 aromatic carbocycles. The first kappa shape index (κ1) is 14.7. The lowest BCUT2D eigenvalue weighted by Crippen LogP contribution is -2.57. The summed E-state index contributed by atoms with van der Waals surface area (Å²) in [5.74, 6) is 0.187. The number of aromatic amines is 1. The lowest BCUT2D eigenvalue weighted by atomic mass is 10.0. The summed E-state index contributed by atoms with van der Waals surface area (Å²) >= 11 is 0. The van der Waals surface area contributed by atoms with Crippen molar-refractivity contribution in [1.82, 2.24) is 9.88 Å². The van der Waals surface area contributed by atoms with Crippen LogP contribution >= 0.6 is 0 Å². The molecule has 0 saturated carbocycles. The van der Waals surface area contributed by atoms with Crippen molar-refractivity contribution in [1.29, 1.82) is 0 Å². The first-order valence-corrected chi connectivity index (χ1v) is 8.28. The molecule has 23 heavy (non-hydrogen) atoms. The molecular formula is C18H22N2O3. The number of ether oxygens (including phenoxy) is 2. The summed E-state index contributed by atoms with van der Waals surface area (Å²) in [7, 11) is 0. The van der Waals surface area contributed by atoms with E-state index in [1.807, 2.05) is 11.1 Å². The minimum absolute atomic E-state index is 0.0343. The predicted molar refractivity (Wildman–Crippen MR) is 87.4 cm³/mol. The van der Waals surface area contributed by atoms with E-state index in [0.717, 1.165) is 22.9 Å². The summed E-state index contributed by atoms with van der Waals surface area (Å²) in [5, 5.41) is 1.14. The third-order valence-electron chi connectivity index (χ3n) is 4.92. The maximum atomic E-state index is 12.8. The number of rotatable bonds is 2. The number of benzene rings is 1. The third-order valence-corrected chi connectivity index (χ3v) is 4.92. The van der Waals surface area contributed by atoms with Gasteiger partial charge in [-0.2, -0.15) is 0 Å². The van der Waals surface area contributed by atoms with E-state index in [4.69, 9.17) is 9.47 Å². The maximum Gasteiger partial charge on any atom is 0.227 e. The molecular weight excluding hydrogens is 292 g/mol. The molecule has 0 spiro atoms. The molecule has 5 nitrogen and oxygen atoms in total.